The number of amides is 5. The van der Waals surface area contributed by atoms with Crippen LogP contribution in [0.15, 0.2) is 11.3 Å². The number of nitrogens with zero attached hydrogens (tertiary/aromatic N) is 3. The Kier molecular flexibility index (Phi) is 5.56. The predicted molar refractivity (Wildman–Crippen MR) is 116 cm³/mol. The van der Waals surface area contributed by atoms with Gasteiger partial charge in [0.25, 0.3) is 5.91 Å². The van der Waals surface area contributed by atoms with E-state index >= 15 is 0 Å². The zero-order chi connectivity index (χ0) is 26.6. The van der Waals surface area contributed by atoms with Crippen molar-refractivity contribution in [1.82, 2.24) is 20.0 Å². The molecule has 0 radical (unpaired) electrons. The van der Waals surface area contributed by atoms with E-state index in [0.717, 1.165) is 4.90 Å². The van der Waals surface area contributed by atoms with Gasteiger partial charge in [0, 0.05) is 12.8 Å². The van der Waals surface area contributed by atoms with Crippen molar-refractivity contribution in [2.75, 3.05) is 13.2 Å². The number of fused-ring (bicyclic) bond motifs is 3. The van der Waals surface area contributed by atoms with Crippen molar-refractivity contribution in [3.8, 4) is 0 Å². The van der Waals surface area contributed by atoms with E-state index in [0.29, 0.717) is 5.57 Å². The fraction of sp³-hybridized carbons (Fsp3) is 0.750. The second kappa shape index (κ2) is 8.18. The van der Waals surface area contributed by atoms with Gasteiger partial charge < -0.3 is 29.7 Å². The van der Waals surface area contributed by atoms with Crippen molar-refractivity contribution in [1.29, 1.82) is 0 Å². The van der Waals surface area contributed by atoms with Gasteiger partial charge >= 0.3 is 19.9 Å². The first-order chi connectivity index (χ1) is 17.4. The summed E-state index contributed by atoms with van der Waals surface area (Å²) >= 11 is 0. The predicted octanol–water partition coefficient (Wildman–Crippen LogP) is -1.89. The molecule has 7 heterocycles. The zero-order valence-corrected chi connectivity index (χ0v) is 20.7. The first kappa shape index (κ1) is 25.2. The smallest absolute Gasteiger partial charge is 0.394 e. The largest absolute Gasteiger partial charge is 0.472 e. The summed E-state index contributed by atoms with van der Waals surface area (Å²) in [7, 11) is -4.76. The van der Waals surface area contributed by atoms with Crippen LogP contribution in [-0.2, 0) is 27.9 Å². The maximum Gasteiger partial charge on any atom is 0.472 e. The summed E-state index contributed by atoms with van der Waals surface area (Å²) in [6, 6.07) is -2.82. The summed E-state index contributed by atoms with van der Waals surface area (Å²) in [6.45, 7) is 1.73. The van der Waals surface area contributed by atoms with Gasteiger partial charge in [-0.25, -0.2) is 14.2 Å². The second-order valence-electron chi connectivity index (χ2n) is 10.1. The minimum absolute atomic E-state index is 0.0165. The maximum absolute atomic E-state index is 13.2. The third kappa shape index (κ3) is 3.52. The monoisotopic (exact) mass is 546 g/mol. The van der Waals surface area contributed by atoms with Gasteiger partial charge in [0.1, 0.15) is 43.0 Å². The van der Waals surface area contributed by atoms with Crippen LogP contribution in [0.3, 0.4) is 0 Å². The van der Waals surface area contributed by atoms with Crippen molar-refractivity contribution in [2.45, 2.75) is 81.4 Å². The van der Waals surface area contributed by atoms with Crippen LogP contribution in [0.5, 0.6) is 0 Å². The molecule has 17 heteroatoms. The molecule has 0 aromatic heterocycles. The molecule has 16 nitrogen and oxygen atoms in total. The average molecular weight is 546 g/mol. The van der Waals surface area contributed by atoms with Gasteiger partial charge in [-0.15, -0.1) is 0 Å². The number of rotatable bonds is 1. The molecule has 7 aliphatic heterocycles. The number of carbonyl (C=O) groups excluding carboxylic acids is 3. The number of urea groups is 2. The summed E-state index contributed by atoms with van der Waals surface area (Å²) in [5, 5.41) is 33.6. The fourth-order valence-electron chi connectivity index (χ4n) is 5.97. The Bertz CT molecular complexity index is 1150. The molecule has 0 aromatic rings. The van der Waals surface area contributed by atoms with Gasteiger partial charge in [0.05, 0.1) is 25.0 Å². The number of hydrogen-bond acceptors (Lipinski definition) is 11. The number of imide groups is 1. The highest BCUT2D eigenvalue weighted by atomic mass is 31.2. The number of aliphatic hydroxyl groups is 3. The van der Waals surface area contributed by atoms with Gasteiger partial charge in [0.2, 0.25) is 0 Å². The number of nitrogens with one attached hydrogen (secondary N) is 1. The molecule has 5 amide bonds. The molecule has 0 spiro atoms. The number of aliphatic hydroxyl groups excluding tert-OH is 2. The molecule has 7 rings (SSSR count). The number of carbonyl (C=O) groups is 3. The van der Waals surface area contributed by atoms with E-state index in [1.807, 2.05) is 0 Å². The Morgan fingerprint density at radius 2 is 1.84 bits per heavy atom. The average Bonchev–Trinajstić information content (AvgIpc) is 3.37. The van der Waals surface area contributed by atoms with Crippen molar-refractivity contribution >= 4 is 25.8 Å². The first-order valence-corrected chi connectivity index (χ1v) is 13.3. The van der Waals surface area contributed by atoms with Gasteiger partial charge in [-0.2, -0.15) is 0 Å². The molecule has 5 saturated heterocycles. The molecule has 0 aliphatic carbocycles. The van der Waals surface area contributed by atoms with Crippen LogP contribution in [0.1, 0.15) is 26.7 Å². The van der Waals surface area contributed by atoms with E-state index in [-0.39, 0.29) is 18.5 Å². The fourth-order valence-corrected chi connectivity index (χ4v) is 6.93. The Morgan fingerprint density at radius 1 is 1.14 bits per heavy atom. The van der Waals surface area contributed by atoms with E-state index in [1.54, 1.807) is 6.92 Å². The highest BCUT2D eigenvalue weighted by Gasteiger charge is 2.66. The number of ether oxygens (including phenoxy) is 2. The van der Waals surface area contributed by atoms with Crippen molar-refractivity contribution in [2.24, 2.45) is 0 Å². The molecule has 8 bridgehead atoms. The first-order valence-electron chi connectivity index (χ1n) is 11.8. The SMILES string of the molecule is CC1=C2[C@@H]3N(C(=O)NC(=O)[C@]3(C)O)[C@H]3C[C@H](OP(=O)(O)OC[C@H]4O[C@H](C[C@@H]4O)N4C(=O)N2C14)[C@@H](CO)O3. The Balaban J connectivity index is 1.44. The van der Waals surface area contributed by atoms with Crippen molar-refractivity contribution < 1.29 is 57.7 Å². The second-order valence-corrected chi connectivity index (χ2v) is 11.5. The molecule has 37 heavy (non-hydrogen) atoms. The van der Waals surface area contributed by atoms with Gasteiger partial charge in [-0.1, -0.05) is 0 Å². The highest BCUT2D eigenvalue weighted by molar-refractivity contribution is 7.47. The van der Waals surface area contributed by atoms with Crippen LogP contribution in [-0.4, -0.2) is 121 Å². The molecular weight excluding hydrogens is 519 g/mol. The highest BCUT2D eigenvalue weighted by Crippen LogP contribution is 2.52. The lowest BCUT2D eigenvalue weighted by molar-refractivity contribution is -0.164. The van der Waals surface area contributed by atoms with E-state index in [1.165, 1.54) is 16.7 Å². The van der Waals surface area contributed by atoms with Crippen LogP contribution < -0.4 is 5.32 Å². The lowest BCUT2D eigenvalue weighted by Gasteiger charge is -2.63. The van der Waals surface area contributed by atoms with Crippen LogP contribution in [0.25, 0.3) is 0 Å². The van der Waals surface area contributed by atoms with E-state index in [4.69, 9.17) is 18.5 Å². The molecule has 5 N–H and O–H groups in total. The standard InChI is InChI=1S/C20H27N4O12P/c1-7-14-15-20(2,30)17(27)21-18(28)22(15)13-4-9(10(5-25)34-13)36-37(31,32)33-6-11-8(26)3-12(35-11)23-16(7)24(14)19(23)29/h8-13,15-16,25-26,30H,3-6H2,1-2H3,(H,31,32)(H,21,27,28)/t8-,9-,10+,11+,12+,13+,15-,16?,20+/m0/s1. The summed E-state index contributed by atoms with van der Waals surface area (Å²) in [5.74, 6) is -0.982. The summed E-state index contributed by atoms with van der Waals surface area (Å²) < 4.78 is 34.5. The normalized spacial score (nSPS) is 47.5. The third-order valence-corrected chi connectivity index (χ3v) is 8.84. The van der Waals surface area contributed by atoms with E-state index in [9.17, 15) is 39.2 Å². The topological polar surface area (TPSA) is 208 Å². The molecule has 5 fully saturated rings. The van der Waals surface area contributed by atoms with E-state index < -0.39 is 93.7 Å². The van der Waals surface area contributed by atoms with Crippen molar-refractivity contribution in [3.63, 3.8) is 0 Å². The Morgan fingerprint density at radius 3 is 2.54 bits per heavy atom. The van der Waals surface area contributed by atoms with E-state index in [2.05, 4.69) is 5.32 Å². The zero-order valence-electron chi connectivity index (χ0n) is 19.8. The van der Waals surface area contributed by atoms with Crippen LogP contribution in [0.2, 0.25) is 0 Å². The number of hydrogen-bond donors (Lipinski definition) is 5. The summed E-state index contributed by atoms with van der Waals surface area (Å²) in [5.41, 5.74) is -1.38. The Hall–Kier alpha value is -2.14. The third-order valence-electron chi connectivity index (χ3n) is 7.83. The van der Waals surface area contributed by atoms with Crippen molar-refractivity contribution in [3.05, 3.63) is 11.3 Å². The quantitative estimate of drug-likeness (QED) is 0.229. The molecular formula is C20H27N4O12P. The molecule has 2 unspecified atom stereocenters. The summed E-state index contributed by atoms with van der Waals surface area (Å²) in [6.07, 6.45) is -7.40. The minimum atomic E-state index is -4.76. The molecule has 204 valence electrons. The van der Waals surface area contributed by atoms with Crippen LogP contribution in [0.4, 0.5) is 9.59 Å². The molecule has 10 atom stereocenters. The lowest BCUT2D eigenvalue weighted by Crippen LogP contribution is -2.81. The lowest BCUT2D eigenvalue weighted by atomic mass is 9.80. The number of phosphoric ester groups is 1. The van der Waals surface area contributed by atoms with Crippen LogP contribution in [0, 0.1) is 0 Å². The Labute approximate surface area is 209 Å². The van der Waals surface area contributed by atoms with Gasteiger partial charge in [-0.05, 0) is 19.4 Å². The molecule has 0 aromatic carbocycles. The van der Waals surface area contributed by atoms with Gasteiger partial charge in [-0.3, -0.25) is 33.9 Å². The maximum atomic E-state index is 13.2. The number of phosphoric acid groups is 1. The molecule has 0 saturated carbocycles. The molecule has 7 aliphatic rings. The van der Waals surface area contributed by atoms with Gasteiger partial charge in [0.15, 0.2) is 5.60 Å². The summed E-state index contributed by atoms with van der Waals surface area (Å²) in [4.78, 5) is 53.0. The van der Waals surface area contributed by atoms with Crippen LogP contribution >= 0.6 is 7.82 Å². The minimum Gasteiger partial charge on any atom is -0.394 e.